The van der Waals surface area contributed by atoms with Gasteiger partial charge < -0.3 is 10.1 Å². The van der Waals surface area contributed by atoms with Crippen molar-refractivity contribution in [2.45, 2.75) is 18.2 Å². The molecule has 19 heavy (non-hydrogen) atoms. The van der Waals surface area contributed by atoms with E-state index in [1.807, 2.05) is 0 Å². The van der Waals surface area contributed by atoms with Gasteiger partial charge in [0, 0.05) is 6.54 Å². The van der Waals surface area contributed by atoms with E-state index in [0.717, 1.165) is 42.8 Å². The standard InChI is InChI=1S/C14H14F3NO/c15-14(16,17)12-3-1-10(2-4-12)11-7-13(19-8-11)5-6-18-9-13/h1-4,7,18H,5-6,8-9H2. The van der Waals surface area contributed by atoms with Gasteiger partial charge in [-0.25, -0.2) is 0 Å². The monoisotopic (exact) mass is 269 g/mol. The fraction of sp³-hybridized carbons (Fsp3) is 0.429. The fourth-order valence-corrected chi connectivity index (χ4v) is 2.60. The van der Waals surface area contributed by atoms with Crippen molar-refractivity contribution in [3.8, 4) is 0 Å². The second kappa shape index (κ2) is 4.35. The van der Waals surface area contributed by atoms with Gasteiger partial charge in [-0.05, 0) is 42.3 Å². The van der Waals surface area contributed by atoms with Gasteiger partial charge in [-0.2, -0.15) is 13.2 Å². The predicted molar refractivity (Wildman–Crippen MR) is 65.6 cm³/mol. The van der Waals surface area contributed by atoms with Crippen LogP contribution in [0, 0.1) is 0 Å². The third-order valence-corrected chi connectivity index (χ3v) is 3.68. The molecule has 0 radical (unpaired) electrons. The lowest BCUT2D eigenvalue weighted by Crippen LogP contribution is -2.29. The third kappa shape index (κ3) is 2.40. The van der Waals surface area contributed by atoms with Crippen LogP contribution < -0.4 is 5.32 Å². The molecule has 1 N–H and O–H groups in total. The zero-order chi connectivity index (χ0) is 13.5. The molecule has 5 heteroatoms. The molecule has 0 aliphatic carbocycles. The summed E-state index contributed by atoms with van der Waals surface area (Å²) in [6.45, 7) is 2.15. The molecular weight excluding hydrogens is 255 g/mol. The summed E-state index contributed by atoms with van der Waals surface area (Å²) in [5.41, 5.74) is 0.903. The Balaban J connectivity index is 1.84. The van der Waals surface area contributed by atoms with Crippen LogP contribution >= 0.6 is 0 Å². The minimum Gasteiger partial charge on any atom is -0.365 e. The largest absolute Gasteiger partial charge is 0.416 e. The van der Waals surface area contributed by atoms with Crippen molar-refractivity contribution in [3.05, 3.63) is 41.5 Å². The lowest BCUT2D eigenvalue weighted by atomic mass is 9.98. The van der Waals surface area contributed by atoms with Crippen LogP contribution in [-0.4, -0.2) is 25.3 Å². The zero-order valence-corrected chi connectivity index (χ0v) is 10.3. The molecule has 0 aromatic heterocycles. The number of ether oxygens (including phenoxy) is 1. The molecular formula is C14H14F3NO. The molecule has 2 aliphatic heterocycles. The molecule has 1 spiro atoms. The van der Waals surface area contributed by atoms with Gasteiger partial charge in [0.05, 0.1) is 12.2 Å². The SMILES string of the molecule is FC(F)(F)c1ccc(C2=CC3(CCNC3)OC2)cc1. The first-order valence-corrected chi connectivity index (χ1v) is 6.23. The molecule has 3 rings (SSSR count). The number of alkyl halides is 3. The number of halogens is 3. The molecule has 0 bridgehead atoms. The number of hydrogen-bond acceptors (Lipinski definition) is 2. The Hall–Kier alpha value is -1.33. The van der Waals surface area contributed by atoms with E-state index in [4.69, 9.17) is 4.74 Å². The molecule has 1 fully saturated rings. The smallest absolute Gasteiger partial charge is 0.365 e. The van der Waals surface area contributed by atoms with E-state index >= 15 is 0 Å². The highest BCUT2D eigenvalue weighted by Crippen LogP contribution is 2.35. The average molecular weight is 269 g/mol. The zero-order valence-electron chi connectivity index (χ0n) is 10.3. The van der Waals surface area contributed by atoms with Crippen molar-refractivity contribution in [1.82, 2.24) is 5.32 Å². The van der Waals surface area contributed by atoms with Crippen LogP contribution in [-0.2, 0) is 10.9 Å². The summed E-state index contributed by atoms with van der Waals surface area (Å²) >= 11 is 0. The quantitative estimate of drug-likeness (QED) is 0.846. The van der Waals surface area contributed by atoms with Crippen LogP contribution in [0.3, 0.4) is 0 Å². The van der Waals surface area contributed by atoms with Gasteiger partial charge in [-0.15, -0.1) is 0 Å². The van der Waals surface area contributed by atoms with E-state index < -0.39 is 11.7 Å². The molecule has 1 saturated heterocycles. The molecule has 1 aromatic rings. The minimum atomic E-state index is -4.28. The summed E-state index contributed by atoms with van der Waals surface area (Å²) in [7, 11) is 0. The Labute approximate surface area is 109 Å². The van der Waals surface area contributed by atoms with Crippen molar-refractivity contribution >= 4 is 5.57 Å². The van der Waals surface area contributed by atoms with Crippen LogP contribution in [0.1, 0.15) is 17.5 Å². The van der Waals surface area contributed by atoms with Crippen LogP contribution in [0.2, 0.25) is 0 Å². The van der Waals surface area contributed by atoms with Crippen molar-refractivity contribution in [2.24, 2.45) is 0 Å². The molecule has 1 atom stereocenters. The van der Waals surface area contributed by atoms with Crippen LogP contribution in [0.4, 0.5) is 13.2 Å². The maximum Gasteiger partial charge on any atom is 0.416 e. The molecule has 1 aromatic carbocycles. The Morgan fingerprint density at radius 3 is 2.47 bits per heavy atom. The fourth-order valence-electron chi connectivity index (χ4n) is 2.60. The van der Waals surface area contributed by atoms with Gasteiger partial charge in [0.1, 0.15) is 5.60 Å². The van der Waals surface area contributed by atoms with E-state index in [9.17, 15) is 13.2 Å². The second-order valence-electron chi connectivity index (χ2n) is 5.02. The van der Waals surface area contributed by atoms with Crippen molar-refractivity contribution < 1.29 is 17.9 Å². The van der Waals surface area contributed by atoms with Gasteiger partial charge in [0.2, 0.25) is 0 Å². The van der Waals surface area contributed by atoms with Crippen LogP contribution in [0.25, 0.3) is 5.57 Å². The average Bonchev–Trinajstić information content (AvgIpc) is 3.00. The molecule has 2 nitrogen and oxygen atoms in total. The van der Waals surface area contributed by atoms with E-state index in [1.165, 1.54) is 12.1 Å². The molecule has 1 unspecified atom stereocenters. The highest BCUT2D eigenvalue weighted by atomic mass is 19.4. The van der Waals surface area contributed by atoms with Crippen LogP contribution in [0.5, 0.6) is 0 Å². The highest BCUT2D eigenvalue weighted by molar-refractivity contribution is 5.69. The van der Waals surface area contributed by atoms with E-state index in [-0.39, 0.29) is 5.60 Å². The summed E-state index contributed by atoms with van der Waals surface area (Å²) in [5.74, 6) is 0. The highest BCUT2D eigenvalue weighted by Gasteiger charge is 2.37. The van der Waals surface area contributed by atoms with Crippen molar-refractivity contribution in [1.29, 1.82) is 0 Å². The van der Waals surface area contributed by atoms with E-state index in [1.54, 1.807) is 0 Å². The number of nitrogens with one attached hydrogen (secondary N) is 1. The van der Waals surface area contributed by atoms with Gasteiger partial charge in [-0.3, -0.25) is 0 Å². The Morgan fingerprint density at radius 2 is 1.89 bits per heavy atom. The van der Waals surface area contributed by atoms with E-state index in [0.29, 0.717) is 6.61 Å². The van der Waals surface area contributed by atoms with Crippen LogP contribution in [0.15, 0.2) is 30.3 Å². The van der Waals surface area contributed by atoms with Crippen molar-refractivity contribution in [3.63, 3.8) is 0 Å². The van der Waals surface area contributed by atoms with E-state index in [2.05, 4.69) is 11.4 Å². The molecule has 2 heterocycles. The number of hydrogen-bond donors (Lipinski definition) is 1. The maximum atomic E-state index is 12.5. The third-order valence-electron chi connectivity index (χ3n) is 3.68. The Bertz CT molecular complexity index is 498. The summed E-state index contributed by atoms with van der Waals surface area (Å²) in [6, 6.07) is 5.26. The predicted octanol–water partition coefficient (Wildman–Crippen LogP) is 2.85. The maximum absolute atomic E-state index is 12.5. The lowest BCUT2D eigenvalue weighted by Gasteiger charge is -2.18. The number of benzene rings is 1. The van der Waals surface area contributed by atoms with Gasteiger partial charge in [-0.1, -0.05) is 12.1 Å². The lowest BCUT2D eigenvalue weighted by molar-refractivity contribution is -0.137. The summed E-state index contributed by atoms with van der Waals surface area (Å²) < 4.78 is 43.3. The summed E-state index contributed by atoms with van der Waals surface area (Å²) in [4.78, 5) is 0. The van der Waals surface area contributed by atoms with Crippen molar-refractivity contribution in [2.75, 3.05) is 19.7 Å². The normalized spacial score (nSPS) is 27.0. The molecule has 102 valence electrons. The van der Waals surface area contributed by atoms with Gasteiger partial charge in [0.25, 0.3) is 0 Å². The first kappa shape index (κ1) is 12.7. The minimum absolute atomic E-state index is 0.252. The first-order chi connectivity index (χ1) is 8.99. The molecule has 2 aliphatic rings. The topological polar surface area (TPSA) is 21.3 Å². The summed E-state index contributed by atoms with van der Waals surface area (Å²) in [5, 5.41) is 3.24. The first-order valence-electron chi connectivity index (χ1n) is 6.23. The Kier molecular flexibility index (Phi) is 2.91. The molecule has 0 saturated carbocycles. The summed E-state index contributed by atoms with van der Waals surface area (Å²) in [6.07, 6.45) is -1.32. The Morgan fingerprint density at radius 1 is 1.16 bits per heavy atom. The van der Waals surface area contributed by atoms with Gasteiger partial charge >= 0.3 is 6.18 Å². The molecule has 0 amide bonds. The van der Waals surface area contributed by atoms with Gasteiger partial charge in [0.15, 0.2) is 0 Å². The second-order valence-corrected chi connectivity index (χ2v) is 5.02. The number of rotatable bonds is 1.